The number of amides is 1. The number of hydrogen-bond donors (Lipinski definition) is 4. The van der Waals surface area contributed by atoms with E-state index in [9.17, 15) is 24.6 Å². The second kappa shape index (κ2) is 7.58. The number of hydrogen-bond acceptors (Lipinski definition) is 8. The van der Waals surface area contributed by atoms with E-state index in [2.05, 4.69) is 9.97 Å². The monoisotopic (exact) mass is 394 g/mol. The van der Waals surface area contributed by atoms with Crippen LogP contribution in [0.5, 0.6) is 0 Å². The van der Waals surface area contributed by atoms with E-state index in [0.29, 0.717) is 0 Å². The summed E-state index contributed by atoms with van der Waals surface area (Å²) in [5.74, 6) is -1.38. The largest absolute Gasteiger partial charge is 0.481 e. The van der Waals surface area contributed by atoms with Crippen LogP contribution < -0.4 is 15.0 Å². The van der Waals surface area contributed by atoms with Gasteiger partial charge in [0.05, 0.1) is 20.1 Å². The first kappa shape index (κ1) is 19.8. The molecule has 0 radical (unpaired) electrons. The van der Waals surface area contributed by atoms with E-state index in [1.165, 1.54) is 15.3 Å². The Morgan fingerprint density at radius 1 is 1.32 bits per heavy atom. The van der Waals surface area contributed by atoms with Gasteiger partial charge in [0, 0.05) is 19.5 Å². The maximum absolute atomic E-state index is 12.9. The van der Waals surface area contributed by atoms with E-state index in [0.717, 1.165) is 4.90 Å². The molecule has 0 fully saturated rings. The maximum Gasteiger partial charge on any atom is 0.358 e. The van der Waals surface area contributed by atoms with E-state index in [4.69, 9.17) is 10.2 Å². The summed E-state index contributed by atoms with van der Waals surface area (Å²) in [6.07, 6.45) is -1.91. The quantitative estimate of drug-likeness (QED) is 0.378. The lowest BCUT2D eigenvalue weighted by molar-refractivity contribution is -0.647. The molecule has 12 nitrogen and oxygen atoms in total. The molecule has 1 amide bonds. The Labute approximate surface area is 157 Å². The molecule has 0 spiro atoms. The van der Waals surface area contributed by atoms with Crippen molar-refractivity contribution in [3.05, 3.63) is 22.2 Å². The normalized spacial score (nSPS) is 16.1. The maximum atomic E-state index is 12.9. The predicted octanol–water partition coefficient (Wildman–Crippen LogP) is -2.79. The summed E-state index contributed by atoms with van der Waals surface area (Å²) in [4.78, 5) is 45.6. The molecule has 3 rings (SSSR count). The molecule has 12 heteroatoms. The van der Waals surface area contributed by atoms with Gasteiger partial charge in [-0.05, 0) is 4.98 Å². The van der Waals surface area contributed by atoms with Gasteiger partial charge in [0.1, 0.15) is 24.1 Å². The third-order valence-electron chi connectivity index (χ3n) is 4.50. The van der Waals surface area contributed by atoms with Crippen LogP contribution in [0.25, 0.3) is 11.2 Å². The second-order valence-corrected chi connectivity index (χ2v) is 6.45. The highest BCUT2D eigenvalue weighted by Gasteiger charge is 2.34. The molecular formula is C16H20N5O7+. The minimum atomic E-state index is -1.50. The first-order chi connectivity index (χ1) is 13.2. The van der Waals surface area contributed by atoms with Crippen molar-refractivity contribution in [2.24, 2.45) is 7.05 Å². The van der Waals surface area contributed by atoms with Gasteiger partial charge < -0.3 is 20.4 Å². The van der Waals surface area contributed by atoms with E-state index < -0.39 is 30.3 Å². The lowest BCUT2D eigenvalue weighted by atomic mass is 10.1. The minimum Gasteiger partial charge on any atom is -0.481 e. The fourth-order valence-corrected chi connectivity index (χ4v) is 3.02. The van der Waals surface area contributed by atoms with Gasteiger partial charge in [-0.1, -0.05) is 0 Å². The van der Waals surface area contributed by atoms with E-state index in [1.54, 1.807) is 7.05 Å². The number of aryl methyl sites for hydroxylation is 1. The molecule has 2 aromatic heterocycles. The Bertz CT molecular complexity index is 1010. The van der Waals surface area contributed by atoms with Gasteiger partial charge >= 0.3 is 17.6 Å². The fraction of sp³-hybridized carbons (Fsp3) is 0.500. The van der Waals surface area contributed by atoms with Crippen LogP contribution in [0, 0.1) is 0 Å². The summed E-state index contributed by atoms with van der Waals surface area (Å²) in [7, 11) is 1.54. The van der Waals surface area contributed by atoms with Crippen LogP contribution in [-0.2, 0) is 23.2 Å². The zero-order valence-electron chi connectivity index (χ0n) is 15.0. The van der Waals surface area contributed by atoms with Gasteiger partial charge in [0.15, 0.2) is 0 Å². The number of carbonyl (C=O) groups is 2. The Hall–Kier alpha value is -2.96. The van der Waals surface area contributed by atoms with Crippen molar-refractivity contribution < 1.29 is 34.6 Å². The van der Waals surface area contributed by atoms with E-state index >= 15 is 0 Å². The Morgan fingerprint density at radius 3 is 2.68 bits per heavy atom. The lowest BCUT2D eigenvalue weighted by Crippen LogP contribution is -2.45. The third-order valence-corrected chi connectivity index (χ3v) is 4.50. The van der Waals surface area contributed by atoms with Crippen LogP contribution in [0.1, 0.15) is 24.6 Å². The SMILES string of the molecule is C[n+]1cc(C(O)C(O)CO)nc2c(=O)n3c(nc21)N(CCC(=O)O)C(=O)CC3. The molecule has 1 aliphatic heterocycles. The molecule has 3 heterocycles. The average Bonchev–Trinajstić information content (AvgIpc) is 2.66. The summed E-state index contributed by atoms with van der Waals surface area (Å²) in [6.45, 7) is -0.744. The Kier molecular flexibility index (Phi) is 5.36. The summed E-state index contributed by atoms with van der Waals surface area (Å²) in [6, 6.07) is 0. The number of carboxylic acids is 1. The molecule has 2 aromatic rings. The summed E-state index contributed by atoms with van der Waals surface area (Å²) < 4.78 is 2.64. The average molecular weight is 394 g/mol. The van der Waals surface area contributed by atoms with Crippen molar-refractivity contribution in [2.75, 3.05) is 18.1 Å². The Morgan fingerprint density at radius 2 is 2.04 bits per heavy atom. The lowest BCUT2D eigenvalue weighted by Gasteiger charge is -2.25. The highest BCUT2D eigenvalue weighted by atomic mass is 16.4. The van der Waals surface area contributed by atoms with Crippen LogP contribution in [0.15, 0.2) is 11.0 Å². The highest BCUT2D eigenvalue weighted by molar-refractivity contribution is 5.93. The molecule has 0 saturated heterocycles. The number of anilines is 1. The second-order valence-electron chi connectivity index (χ2n) is 6.45. The molecule has 4 N–H and O–H groups in total. The van der Waals surface area contributed by atoms with Crippen LogP contribution >= 0.6 is 0 Å². The van der Waals surface area contributed by atoms with Crippen molar-refractivity contribution >= 4 is 29.0 Å². The third kappa shape index (κ3) is 3.44. The zero-order chi connectivity index (χ0) is 20.6. The van der Waals surface area contributed by atoms with Crippen LogP contribution in [0.4, 0.5) is 5.95 Å². The van der Waals surface area contributed by atoms with Gasteiger partial charge in [-0.2, -0.15) is 0 Å². The minimum absolute atomic E-state index is 0.0113. The number of fused-ring (bicyclic) bond motifs is 2. The molecule has 1 aliphatic rings. The topological polar surface area (TPSA) is 170 Å². The molecule has 2 atom stereocenters. The van der Waals surface area contributed by atoms with E-state index in [-0.39, 0.29) is 54.6 Å². The molecular weight excluding hydrogens is 374 g/mol. The zero-order valence-corrected chi connectivity index (χ0v) is 15.0. The molecule has 0 aliphatic carbocycles. The van der Waals surface area contributed by atoms with Crippen LogP contribution in [0.2, 0.25) is 0 Å². The summed E-state index contributed by atoms with van der Waals surface area (Å²) >= 11 is 0. The van der Waals surface area contributed by atoms with Crippen molar-refractivity contribution in [2.45, 2.75) is 31.6 Å². The van der Waals surface area contributed by atoms with Crippen LogP contribution in [0.3, 0.4) is 0 Å². The molecule has 28 heavy (non-hydrogen) atoms. The standard InChI is InChI=1S/C16H19N5O7/c1-19-6-8(13(27)9(23)7-22)17-12-14(19)18-16-20(5-3-11(25)26)10(24)2-4-21(16)15(12)28/h6,9,13,22-23,27H,2-5,7H2,1H3/p+1. The molecule has 0 saturated carbocycles. The first-order valence-electron chi connectivity index (χ1n) is 8.54. The van der Waals surface area contributed by atoms with Crippen LogP contribution in [-0.4, -0.2) is 66.1 Å². The highest BCUT2D eigenvalue weighted by Crippen LogP contribution is 2.20. The number of aliphatic carboxylic acids is 1. The molecule has 2 unspecified atom stereocenters. The smallest absolute Gasteiger partial charge is 0.358 e. The molecule has 0 bridgehead atoms. The number of aliphatic hydroxyl groups excluding tert-OH is 3. The predicted molar refractivity (Wildman–Crippen MR) is 92.2 cm³/mol. The number of carbonyl (C=O) groups excluding carboxylic acids is 1. The van der Waals surface area contributed by atoms with Gasteiger partial charge in [-0.3, -0.25) is 23.9 Å². The van der Waals surface area contributed by atoms with E-state index in [1.807, 2.05) is 0 Å². The van der Waals surface area contributed by atoms with Crippen molar-refractivity contribution in [1.29, 1.82) is 0 Å². The van der Waals surface area contributed by atoms with Gasteiger partial charge in [0.2, 0.25) is 11.4 Å². The van der Waals surface area contributed by atoms with Crippen molar-refractivity contribution in [1.82, 2.24) is 14.5 Å². The molecule has 0 aromatic carbocycles. The van der Waals surface area contributed by atoms with Gasteiger partial charge in [-0.15, -0.1) is 0 Å². The molecule has 150 valence electrons. The fourth-order valence-electron chi connectivity index (χ4n) is 3.02. The van der Waals surface area contributed by atoms with Gasteiger partial charge in [-0.25, -0.2) is 9.55 Å². The number of aromatic nitrogens is 4. The van der Waals surface area contributed by atoms with Crippen molar-refractivity contribution in [3.63, 3.8) is 0 Å². The number of rotatable bonds is 6. The van der Waals surface area contributed by atoms with Gasteiger partial charge in [0.25, 0.3) is 5.56 Å². The Balaban J connectivity index is 2.16. The number of nitrogens with zero attached hydrogens (tertiary/aromatic N) is 5. The number of aliphatic hydroxyl groups is 3. The number of carboxylic acid groups (broad SMARTS) is 1. The summed E-state index contributed by atoms with van der Waals surface area (Å²) in [5.41, 5.74) is -0.539. The van der Waals surface area contributed by atoms with Crippen molar-refractivity contribution in [3.8, 4) is 0 Å². The summed E-state index contributed by atoms with van der Waals surface area (Å²) in [5, 5.41) is 37.6. The first-order valence-corrected chi connectivity index (χ1v) is 8.54.